The lowest BCUT2D eigenvalue weighted by atomic mass is 9.57. The number of amides is 1. The Morgan fingerprint density at radius 3 is 2.63 bits per heavy atom. The highest BCUT2D eigenvalue weighted by Crippen LogP contribution is 2.51. The number of nitrogens with zero attached hydrogens (tertiary/aromatic N) is 5. The smallest absolute Gasteiger partial charge is 0.407 e. The lowest BCUT2D eigenvalue weighted by Gasteiger charge is -2.54. The van der Waals surface area contributed by atoms with Crippen molar-refractivity contribution in [1.29, 1.82) is 5.26 Å². The number of halogens is 1. The quantitative estimate of drug-likeness (QED) is 0.469. The Kier molecular flexibility index (Phi) is 8.47. The van der Waals surface area contributed by atoms with Gasteiger partial charge in [0.25, 0.3) is 0 Å². The first-order valence-corrected chi connectivity index (χ1v) is 16.0. The van der Waals surface area contributed by atoms with Crippen LogP contribution in [0.1, 0.15) is 49.0 Å². The highest BCUT2D eigenvalue weighted by molar-refractivity contribution is 7.16. The summed E-state index contributed by atoms with van der Waals surface area (Å²) in [5.74, 6) is 1.07. The number of aromatic nitrogens is 1. The number of nitrogens with one attached hydrogen (secondary N) is 1. The van der Waals surface area contributed by atoms with E-state index < -0.39 is 0 Å². The highest BCUT2D eigenvalue weighted by Gasteiger charge is 2.53. The Labute approximate surface area is 246 Å². The summed E-state index contributed by atoms with van der Waals surface area (Å²) in [5, 5.41) is 13.2. The summed E-state index contributed by atoms with van der Waals surface area (Å²) in [5.41, 5.74) is 0.870. The highest BCUT2D eigenvalue weighted by atomic mass is 32.1. The summed E-state index contributed by atoms with van der Waals surface area (Å²) in [7, 11) is 1.43. The molecule has 2 aromatic rings. The first-order chi connectivity index (χ1) is 20.0. The number of hydrogen-bond donors (Lipinski definition) is 1. The van der Waals surface area contributed by atoms with Gasteiger partial charge in [-0.2, -0.15) is 5.26 Å². The number of rotatable bonds is 9. The molecule has 3 aliphatic heterocycles. The second-order valence-corrected chi connectivity index (χ2v) is 13.4. The minimum Gasteiger partial charge on any atom is -0.453 e. The van der Waals surface area contributed by atoms with Crippen molar-refractivity contribution in [2.45, 2.75) is 50.0 Å². The minimum atomic E-state index is -0.370. The molecule has 0 unspecified atom stereocenters. The van der Waals surface area contributed by atoms with E-state index in [4.69, 9.17) is 10.00 Å². The van der Waals surface area contributed by atoms with E-state index in [0.29, 0.717) is 16.7 Å². The van der Waals surface area contributed by atoms with Crippen molar-refractivity contribution < 1.29 is 13.9 Å². The van der Waals surface area contributed by atoms with Gasteiger partial charge in [0.1, 0.15) is 16.8 Å². The molecule has 8 nitrogen and oxygen atoms in total. The molecule has 4 aliphatic rings. The number of hydrogen-bond acceptors (Lipinski definition) is 8. The van der Waals surface area contributed by atoms with Crippen LogP contribution in [0.15, 0.2) is 30.5 Å². The van der Waals surface area contributed by atoms with E-state index in [9.17, 15) is 9.18 Å². The number of nitriles is 1. The lowest BCUT2D eigenvalue weighted by molar-refractivity contribution is 0.0223. The van der Waals surface area contributed by atoms with Gasteiger partial charge in [-0.3, -0.25) is 0 Å². The van der Waals surface area contributed by atoms with Gasteiger partial charge in [-0.25, -0.2) is 14.2 Å². The fourth-order valence-electron chi connectivity index (χ4n) is 8.04. The number of thiazole rings is 1. The summed E-state index contributed by atoms with van der Waals surface area (Å²) < 4.78 is 19.9. The molecule has 1 aromatic heterocycles. The molecule has 1 aliphatic carbocycles. The third-order valence-electron chi connectivity index (χ3n) is 10.1. The van der Waals surface area contributed by atoms with Crippen LogP contribution < -0.4 is 10.2 Å². The number of ether oxygens (including phenoxy) is 1. The molecule has 4 fully saturated rings. The van der Waals surface area contributed by atoms with Gasteiger partial charge in [0, 0.05) is 43.6 Å². The topological polar surface area (TPSA) is 84.7 Å². The molecule has 6 rings (SSSR count). The SMILES string of the molecule is COC(=O)N[C@H]1CCC[C@@H]1[C@](CN1CCC1)(c1cccc(F)c1)C1CCN(CC2CN(c3ncc(C#N)s3)C2)CC1. The van der Waals surface area contributed by atoms with Gasteiger partial charge in [-0.1, -0.05) is 29.9 Å². The fraction of sp³-hybridized carbons (Fsp3) is 0.645. The van der Waals surface area contributed by atoms with Crippen LogP contribution in [0.4, 0.5) is 14.3 Å². The van der Waals surface area contributed by atoms with Crippen LogP contribution in [0.3, 0.4) is 0 Å². The molecule has 1 amide bonds. The fourth-order valence-corrected chi connectivity index (χ4v) is 8.77. The zero-order chi connectivity index (χ0) is 28.4. The number of benzene rings is 1. The van der Waals surface area contributed by atoms with Gasteiger partial charge in [-0.05, 0) is 87.8 Å². The van der Waals surface area contributed by atoms with Gasteiger partial charge >= 0.3 is 6.09 Å². The van der Waals surface area contributed by atoms with Crippen LogP contribution in [-0.4, -0.2) is 86.4 Å². The molecule has 0 spiro atoms. The van der Waals surface area contributed by atoms with E-state index in [1.165, 1.54) is 24.9 Å². The molecule has 3 atom stereocenters. The van der Waals surface area contributed by atoms with Crippen molar-refractivity contribution in [3.8, 4) is 6.07 Å². The molecule has 0 radical (unpaired) electrons. The van der Waals surface area contributed by atoms with Crippen LogP contribution >= 0.6 is 11.3 Å². The first kappa shape index (κ1) is 28.4. The average molecular weight is 581 g/mol. The van der Waals surface area contributed by atoms with Crippen molar-refractivity contribution in [3.05, 3.63) is 46.7 Å². The van der Waals surface area contributed by atoms with Crippen LogP contribution in [0, 0.1) is 34.9 Å². The van der Waals surface area contributed by atoms with E-state index in [0.717, 1.165) is 95.2 Å². The largest absolute Gasteiger partial charge is 0.453 e. The molecule has 1 aromatic carbocycles. The van der Waals surface area contributed by atoms with Crippen molar-refractivity contribution in [2.75, 3.05) is 64.4 Å². The number of methoxy groups -OCH3 is 1. The van der Waals surface area contributed by atoms with Crippen LogP contribution in [0.5, 0.6) is 0 Å². The maximum absolute atomic E-state index is 14.8. The Balaban J connectivity index is 1.19. The normalized spacial score (nSPS) is 25.6. The van der Waals surface area contributed by atoms with E-state index >= 15 is 0 Å². The number of carbonyl (C=O) groups is 1. The molecule has 3 saturated heterocycles. The van der Waals surface area contributed by atoms with Crippen molar-refractivity contribution >= 4 is 22.6 Å². The van der Waals surface area contributed by atoms with E-state index in [-0.39, 0.29) is 29.3 Å². The number of piperidine rings is 1. The number of anilines is 1. The van der Waals surface area contributed by atoms with E-state index in [2.05, 4.69) is 37.1 Å². The third-order valence-corrected chi connectivity index (χ3v) is 11.1. The Morgan fingerprint density at radius 2 is 1.98 bits per heavy atom. The van der Waals surface area contributed by atoms with Gasteiger partial charge in [0.05, 0.1) is 13.3 Å². The molecular formula is C31H41FN6O2S. The predicted molar refractivity (Wildman–Crippen MR) is 158 cm³/mol. The summed E-state index contributed by atoms with van der Waals surface area (Å²) in [6, 6.07) is 9.54. The van der Waals surface area contributed by atoms with Crippen molar-refractivity contribution in [2.24, 2.45) is 17.8 Å². The van der Waals surface area contributed by atoms with Crippen LogP contribution in [-0.2, 0) is 10.2 Å². The Hall–Kier alpha value is -2.74. The van der Waals surface area contributed by atoms with Gasteiger partial charge < -0.3 is 24.8 Å². The van der Waals surface area contributed by atoms with Crippen LogP contribution in [0.25, 0.3) is 0 Å². The molecule has 41 heavy (non-hydrogen) atoms. The number of alkyl carbamates (subject to hydrolysis) is 1. The van der Waals surface area contributed by atoms with Gasteiger partial charge in [0.2, 0.25) is 0 Å². The molecule has 1 saturated carbocycles. The number of likely N-dealkylation sites (tertiary alicyclic amines) is 2. The summed E-state index contributed by atoms with van der Waals surface area (Å²) in [6.07, 6.45) is 7.67. The molecule has 10 heteroatoms. The monoisotopic (exact) mass is 580 g/mol. The molecule has 0 bridgehead atoms. The summed E-state index contributed by atoms with van der Waals surface area (Å²) in [6.45, 7) is 8.23. The summed E-state index contributed by atoms with van der Waals surface area (Å²) in [4.78, 5) is 24.9. The number of carbonyl (C=O) groups excluding carboxylic acids is 1. The lowest BCUT2D eigenvalue weighted by Crippen LogP contribution is -2.60. The average Bonchev–Trinajstić information content (AvgIpc) is 3.61. The van der Waals surface area contributed by atoms with Crippen LogP contribution in [0.2, 0.25) is 0 Å². The van der Waals surface area contributed by atoms with Gasteiger partial charge in [-0.15, -0.1) is 0 Å². The first-order valence-electron chi connectivity index (χ1n) is 15.1. The molecule has 1 N–H and O–H groups in total. The second kappa shape index (κ2) is 12.2. The van der Waals surface area contributed by atoms with Crippen molar-refractivity contribution in [1.82, 2.24) is 20.1 Å². The Bertz CT molecular complexity index is 1250. The maximum Gasteiger partial charge on any atom is 0.407 e. The predicted octanol–water partition coefficient (Wildman–Crippen LogP) is 4.47. The Morgan fingerprint density at radius 1 is 1.17 bits per heavy atom. The summed E-state index contributed by atoms with van der Waals surface area (Å²) >= 11 is 1.47. The molecule has 4 heterocycles. The maximum atomic E-state index is 14.8. The van der Waals surface area contributed by atoms with Gasteiger partial charge in [0.15, 0.2) is 5.13 Å². The zero-order valence-electron chi connectivity index (χ0n) is 23.9. The second-order valence-electron chi connectivity index (χ2n) is 12.4. The van der Waals surface area contributed by atoms with E-state index in [1.54, 1.807) is 18.3 Å². The van der Waals surface area contributed by atoms with Crippen molar-refractivity contribution in [3.63, 3.8) is 0 Å². The van der Waals surface area contributed by atoms with E-state index in [1.807, 2.05) is 6.07 Å². The molecular weight excluding hydrogens is 539 g/mol. The standard InChI is InChI=1S/C31H41FN6O2S/c1-40-30(39)35-28-8-3-7-27(28)31(21-37-11-4-12-37,24-5-2-6-25(32)15-24)23-9-13-36(14-10-23)18-22-19-38(20-22)29-34-17-26(16-33)41-29/h2,5-6,15,17,22-23,27-28H,3-4,7-14,18-21H2,1H3,(H,35,39)/t27-,28-,31-/m0/s1. The zero-order valence-corrected chi connectivity index (χ0v) is 24.8. The molecule has 220 valence electrons. The third kappa shape index (κ3) is 5.81. The minimum absolute atomic E-state index is 0.0263.